The largest absolute Gasteiger partial charge is 0.462 e. The first-order valence-corrected chi connectivity index (χ1v) is 6.18. The lowest BCUT2D eigenvalue weighted by Gasteiger charge is -2.05. The highest BCUT2D eigenvalue weighted by atomic mass is 16.5. The topological polar surface area (TPSA) is 43.6 Å². The van der Waals surface area contributed by atoms with Crippen molar-refractivity contribution < 1.29 is 13.9 Å². The normalized spacial score (nSPS) is 11.3. The van der Waals surface area contributed by atoms with Crippen LogP contribution in [0.25, 0.3) is 0 Å². The van der Waals surface area contributed by atoms with E-state index in [1.165, 1.54) is 0 Å². The predicted molar refractivity (Wildman–Crippen MR) is 66.8 cm³/mol. The summed E-state index contributed by atoms with van der Waals surface area (Å²) in [5.74, 6) is 1.81. The van der Waals surface area contributed by atoms with E-state index in [0.29, 0.717) is 25.9 Å². The Morgan fingerprint density at radius 2 is 1.88 bits per heavy atom. The number of hydrogen-bond acceptors (Lipinski definition) is 4. The fourth-order valence-corrected chi connectivity index (χ4v) is 1.33. The van der Waals surface area contributed by atoms with Gasteiger partial charge in [-0.2, -0.15) is 0 Å². The molecule has 0 aliphatic carbocycles. The monoisotopic (exact) mass is 241 g/mol. The Kier molecular flexibility index (Phi) is 6.93. The van der Waals surface area contributed by atoms with Crippen LogP contribution in [-0.2, 0) is 22.6 Å². The molecule has 0 atom stereocenters. The molecule has 0 amide bonds. The highest BCUT2D eigenvalue weighted by Gasteiger charge is 2.02. The van der Waals surface area contributed by atoms with Crippen LogP contribution < -0.4 is 5.32 Å². The molecular formula is C13H23NO3. The second-order valence-electron chi connectivity index (χ2n) is 4.15. The van der Waals surface area contributed by atoms with Crippen LogP contribution in [0.1, 0.15) is 32.3 Å². The van der Waals surface area contributed by atoms with Crippen molar-refractivity contribution in [1.29, 1.82) is 0 Å². The maximum Gasteiger partial charge on any atom is 0.129 e. The Labute approximate surface area is 103 Å². The average Bonchev–Trinajstić information content (AvgIpc) is 2.74. The molecule has 1 rings (SSSR count). The summed E-state index contributed by atoms with van der Waals surface area (Å²) in [6.07, 6.45) is 0. The molecule has 98 valence electrons. The Balaban J connectivity index is 2.17. The summed E-state index contributed by atoms with van der Waals surface area (Å²) in [4.78, 5) is 0. The summed E-state index contributed by atoms with van der Waals surface area (Å²) >= 11 is 0. The predicted octanol–water partition coefficient (Wildman–Crippen LogP) is 2.33. The highest BCUT2D eigenvalue weighted by Crippen LogP contribution is 2.09. The first-order chi connectivity index (χ1) is 8.22. The van der Waals surface area contributed by atoms with E-state index in [1.54, 1.807) is 0 Å². The number of rotatable bonds is 9. The molecule has 1 heterocycles. The van der Waals surface area contributed by atoms with Crippen LogP contribution in [0.4, 0.5) is 0 Å². The van der Waals surface area contributed by atoms with Crippen molar-refractivity contribution in [3.05, 3.63) is 23.7 Å². The van der Waals surface area contributed by atoms with Gasteiger partial charge in [-0.25, -0.2) is 0 Å². The Bertz CT molecular complexity index is 297. The molecule has 0 spiro atoms. The molecule has 1 aromatic heterocycles. The zero-order valence-corrected chi connectivity index (χ0v) is 11.0. The average molecular weight is 241 g/mol. The third-order valence-electron chi connectivity index (χ3n) is 2.22. The molecule has 0 aliphatic rings. The van der Waals surface area contributed by atoms with E-state index in [9.17, 15) is 0 Å². The number of ether oxygens (including phenoxy) is 2. The van der Waals surface area contributed by atoms with Gasteiger partial charge in [0.15, 0.2) is 0 Å². The van der Waals surface area contributed by atoms with Gasteiger partial charge < -0.3 is 19.2 Å². The second-order valence-corrected chi connectivity index (χ2v) is 4.15. The molecule has 0 fully saturated rings. The highest BCUT2D eigenvalue weighted by molar-refractivity contribution is 5.06. The summed E-state index contributed by atoms with van der Waals surface area (Å²) in [7, 11) is 0. The molecular weight excluding hydrogens is 218 g/mol. The summed E-state index contributed by atoms with van der Waals surface area (Å²) < 4.78 is 16.2. The lowest BCUT2D eigenvalue weighted by atomic mass is 10.3. The molecule has 17 heavy (non-hydrogen) atoms. The van der Waals surface area contributed by atoms with E-state index in [4.69, 9.17) is 13.9 Å². The zero-order chi connectivity index (χ0) is 12.5. The van der Waals surface area contributed by atoms with Crippen molar-refractivity contribution in [2.75, 3.05) is 19.8 Å². The number of furan rings is 1. The van der Waals surface area contributed by atoms with Crippen LogP contribution >= 0.6 is 0 Å². The van der Waals surface area contributed by atoms with Gasteiger partial charge in [-0.1, -0.05) is 13.8 Å². The van der Waals surface area contributed by atoms with Crippen LogP contribution in [0.2, 0.25) is 0 Å². The van der Waals surface area contributed by atoms with Gasteiger partial charge in [0.05, 0.1) is 19.8 Å². The lowest BCUT2D eigenvalue weighted by molar-refractivity contribution is 0.0387. The Hall–Kier alpha value is -0.840. The Morgan fingerprint density at radius 3 is 2.59 bits per heavy atom. The van der Waals surface area contributed by atoms with Gasteiger partial charge in [-0.05, 0) is 19.1 Å². The minimum absolute atomic E-state index is 0.464. The summed E-state index contributed by atoms with van der Waals surface area (Å²) in [5, 5.41) is 3.30. The second kappa shape index (κ2) is 8.28. The van der Waals surface area contributed by atoms with E-state index >= 15 is 0 Å². The minimum Gasteiger partial charge on any atom is -0.462 e. The molecule has 0 bridgehead atoms. The summed E-state index contributed by atoms with van der Waals surface area (Å²) in [5.41, 5.74) is 0. The molecule has 4 nitrogen and oxygen atoms in total. The molecule has 0 unspecified atom stereocenters. The Morgan fingerprint density at radius 1 is 1.18 bits per heavy atom. The number of nitrogens with one attached hydrogen (secondary N) is 1. The molecule has 1 N–H and O–H groups in total. The van der Waals surface area contributed by atoms with Crippen LogP contribution in [0.3, 0.4) is 0 Å². The molecule has 0 aliphatic heterocycles. The minimum atomic E-state index is 0.464. The van der Waals surface area contributed by atoms with Crippen LogP contribution in [0.15, 0.2) is 16.5 Å². The fraction of sp³-hybridized carbons (Fsp3) is 0.692. The van der Waals surface area contributed by atoms with Crippen molar-refractivity contribution in [3.63, 3.8) is 0 Å². The summed E-state index contributed by atoms with van der Waals surface area (Å²) in [6, 6.07) is 4.40. The van der Waals surface area contributed by atoms with Gasteiger partial charge >= 0.3 is 0 Å². The first-order valence-electron chi connectivity index (χ1n) is 6.18. The van der Waals surface area contributed by atoms with Crippen molar-refractivity contribution in [2.24, 2.45) is 0 Å². The third kappa shape index (κ3) is 6.46. The summed E-state index contributed by atoms with van der Waals surface area (Å²) in [6.45, 7) is 9.44. The molecule has 0 saturated heterocycles. The fourth-order valence-electron chi connectivity index (χ4n) is 1.33. The van der Waals surface area contributed by atoms with Crippen LogP contribution in [0, 0.1) is 0 Å². The van der Waals surface area contributed by atoms with Gasteiger partial charge in [0, 0.05) is 12.6 Å². The van der Waals surface area contributed by atoms with E-state index < -0.39 is 0 Å². The van der Waals surface area contributed by atoms with Crippen molar-refractivity contribution in [2.45, 2.75) is 40.0 Å². The van der Waals surface area contributed by atoms with Crippen molar-refractivity contribution >= 4 is 0 Å². The van der Waals surface area contributed by atoms with E-state index in [-0.39, 0.29) is 0 Å². The molecule has 4 heteroatoms. The van der Waals surface area contributed by atoms with Crippen molar-refractivity contribution in [3.8, 4) is 0 Å². The molecule has 0 radical (unpaired) electrons. The molecule has 1 aromatic rings. The van der Waals surface area contributed by atoms with Gasteiger partial charge in [0.2, 0.25) is 0 Å². The quantitative estimate of drug-likeness (QED) is 0.674. The molecule has 0 aromatic carbocycles. The van der Waals surface area contributed by atoms with Crippen LogP contribution in [0.5, 0.6) is 0 Å². The number of hydrogen-bond donors (Lipinski definition) is 1. The SMILES string of the molecule is CCOCCOCc1ccc(CNC(C)C)o1. The van der Waals surface area contributed by atoms with Gasteiger partial charge in [0.25, 0.3) is 0 Å². The van der Waals surface area contributed by atoms with E-state index in [1.807, 2.05) is 19.1 Å². The van der Waals surface area contributed by atoms with Gasteiger partial charge in [0.1, 0.15) is 18.1 Å². The maximum absolute atomic E-state index is 5.61. The lowest BCUT2D eigenvalue weighted by Crippen LogP contribution is -2.21. The van der Waals surface area contributed by atoms with E-state index in [2.05, 4.69) is 19.2 Å². The van der Waals surface area contributed by atoms with Gasteiger partial charge in [-0.15, -0.1) is 0 Å². The maximum atomic E-state index is 5.61. The van der Waals surface area contributed by atoms with Crippen molar-refractivity contribution in [1.82, 2.24) is 5.32 Å². The standard InChI is InChI=1S/C13H23NO3/c1-4-15-7-8-16-10-13-6-5-12(17-13)9-14-11(2)3/h5-6,11,14H,4,7-10H2,1-3H3. The molecule has 0 saturated carbocycles. The zero-order valence-electron chi connectivity index (χ0n) is 11.0. The first kappa shape index (κ1) is 14.2. The third-order valence-corrected chi connectivity index (χ3v) is 2.22. The smallest absolute Gasteiger partial charge is 0.129 e. The van der Waals surface area contributed by atoms with E-state index in [0.717, 1.165) is 24.7 Å². The van der Waals surface area contributed by atoms with Crippen LogP contribution in [-0.4, -0.2) is 25.9 Å². The van der Waals surface area contributed by atoms with Gasteiger partial charge in [-0.3, -0.25) is 0 Å².